The van der Waals surface area contributed by atoms with Crippen molar-refractivity contribution in [2.45, 2.75) is 63.4 Å². The highest BCUT2D eigenvalue weighted by atomic mass is 35.5. The van der Waals surface area contributed by atoms with Crippen LogP contribution in [0.1, 0.15) is 43.5 Å². The van der Waals surface area contributed by atoms with E-state index in [0.717, 1.165) is 72.6 Å². The van der Waals surface area contributed by atoms with E-state index in [2.05, 4.69) is 20.1 Å². The van der Waals surface area contributed by atoms with Crippen molar-refractivity contribution in [2.24, 2.45) is 0 Å². The summed E-state index contributed by atoms with van der Waals surface area (Å²) in [6.45, 7) is 5.77. The zero-order valence-corrected chi connectivity index (χ0v) is 19.6. The molecule has 0 saturated carbocycles. The van der Waals surface area contributed by atoms with Crippen molar-refractivity contribution in [3.8, 4) is 0 Å². The molecule has 2 fully saturated rings. The van der Waals surface area contributed by atoms with E-state index < -0.39 is 0 Å². The van der Waals surface area contributed by atoms with Crippen LogP contribution in [0.15, 0.2) is 23.4 Å². The molecular formula is C22H30ClN5O2S. The first-order chi connectivity index (χ1) is 15.1. The van der Waals surface area contributed by atoms with Gasteiger partial charge in [-0.1, -0.05) is 29.4 Å². The minimum Gasteiger partial charge on any atom is -0.378 e. The first kappa shape index (κ1) is 22.4. The highest BCUT2D eigenvalue weighted by Crippen LogP contribution is 2.24. The van der Waals surface area contributed by atoms with Crippen molar-refractivity contribution < 1.29 is 9.53 Å². The smallest absolute Gasteiger partial charge is 0.233 e. The summed E-state index contributed by atoms with van der Waals surface area (Å²) >= 11 is 7.72. The molecule has 4 rings (SSSR count). The third-order valence-corrected chi connectivity index (χ3v) is 7.22. The normalized spacial score (nSPS) is 19.0. The number of thioether (sulfide) groups is 1. The van der Waals surface area contributed by atoms with Gasteiger partial charge in [0.05, 0.1) is 24.9 Å². The molecule has 31 heavy (non-hydrogen) atoms. The van der Waals surface area contributed by atoms with Crippen molar-refractivity contribution in [1.29, 1.82) is 0 Å². The second kappa shape index (κ2) is 10.7. The standard InChI is InChI=1S/C22H30ClN5O2S/c1-16-7-8-17(12-19(16)23)24-13-20-25-26-22(28(20)14-18-6-5-11-30-18)31-15-21(29)27-9-3-2-4-10-27/h7-8,12,18,24H,2-6,9-11,13-15H2,1H3/t18-/m1/s1. The fourth-order valence-corrected chi connectivity index (χ4v) is 5.03. The number of anilines is 1. The molecule has 2 aliphatic heterocycles. The highest BCUT2D eigenvalue weighted by Gasteiger charge is 2.23. The van der Waals surface area contributed by atoms with Gasteiger partial charge in [0.25, 0.3) is 0 Å². The van der Waals surface area contributed by atoms with Crippen molar-refractivity contribution in [3.05, 3.63) is 34.6 Å². The molecule has 1 aromatic carbocycles. The SMILES string of the molecule is Cc1ccc(NCc2nnc(SCC(=O)N3CCCCC3)n2C[C@H]2CCCO2)cc1Cl. The number of rotatable bonds is 8. The van der Waals surface area contributed by atoms with E-state index in [1.165, 1.54) is 18.2 Å². The van der Waals surface area contributed by atoms with Crippen molar-refractivity contribution in [1.82, 2.24) is 19.7 Å². The third kappa shape index (κ3) is 5.93. The predicted octanol–water partition coefficient (Wildman–Crippen LogP) is 4.14. The van der Waals surface area contributed by atoms with Crippen LogP contribution in [0.3, 0.4) is 0 Å². The molecule has 2 saturated heterocycles. The van der Waals surface area contributed by atoms with Gasteiger partial charge in [0.1, 0.15) is 0 Å². The van der Waals surface area contributed by atoms with Crippen LogP contribution in [0.2, 0.25) is 5.02 Å². The summed E-state index contributed by atoms with van der Waals surface area (Å²) in [6, 6.07) is 5.93. The predicted molar refractivity (Wildman–Crippen MR) is 124 cm³/mol. The average Bonchev–Trinajstić information content (AvgIpc) is 3.44. The number of nitrogens with zero attached hydrogens (tertiary/aromatic N) is 4. The Morgan fingerprint density at radius 2 is 2.10 bits per heavy atom. The largest absolute Gasteiger partial charge is 0.378 e. The van der Waals surface area contributed by atoms with Crippen LogP contribution in [0.25, 0.3) is 0 Å². The number of carbonyl (C=O) groups is 1. The first-order valence-corrected chi connectivity index (χ1v) is 12.4. The van der Waals surface area contributed by atoms with Gasteiger partial charge < -0.3 is 19.5 Å². The molecule has 0 bridgehead atoms. The zero-order chi connectivity index (χ0) is 21.6. The molecule has 1 N–H and O–H groups in total. The lowest BCUT2D eigenvalue weighted by Gasteiger charge is -2.26. The summed E-state index contributed by atoms with van der Waals surface area (Å²) in [4.78, 5) is 14.6. The molecule has 2 aromatic rings. The van der Waals surface area contributed by atoms with Gasteiger partial charge in [0.15, 0.2) is 11.0 Å². The molecule has 0 unspecified atom stereocenters. The number of likely N-dealkylation sites (tertiary alicyclic amines) is 1. The van der Waals surface area contributed by atoms with Gasteiger partial charge in [-0.3, -0.25) is 4.79 Å². The van der Waals surface area contributed by atoms with E-state index >= 15 is 0 Å². The fraction of sp³-hybridized carbons (Fsp3) is 0.591. The number of carbonyl (C=O) groups excluding carboxylic acids is 1. The van der Waals surface area contributed by atoms with E-state index in [9.17, 15) is 4.79 Å². The molecule has 7 nitrogen and oxygen atoms in total. The summed E-state index contributed by atoms with van der Waals surface area (Å²) in [6.07, 6.45) is 5.71. The van der Waals surface area contributed by atoms with E-state index in [-0.39, 0.29) is 12.0 Å². The Morgan fingerprint density at radius 3 is 2.84 bits per heavy atom. The second-order valence-corrected chi connectivity index (χ2v) is 9.54. The molecule has 9 heteroatoms. The molecule has 1 amide bonds. The first-order valence-electron chi connectivity index (χ1n) is 11.0. The molecule has 1 atom stereocenters. The number of nitrogens with one attached hydrogen (secondary N) is 1. The number of benzene rings is 1. The summed E-state index contributed by atoms with van der Waals surface area (Å²) < 4.78 is 7.95. The number of halogens is 1. The van der Waals surface area contributed by atoms with Crippen LogP contribution >= 0.6 is 23.4 Å². The minimum atomic E-state index is 0.167. The molecule has 0 radical (unpaired) electrons. The lowest BCUT2D eigenvalue weighted by Crippen LogP contribution is -2.36. The van der Waals surface area contributed by atoms with Crippen LogP contribution in [0, 0.1) is 6.92 Å². The van der Waals surface area contributed by atoms with Gasteiger partial charge in [-0.25, -0.2) is 0 Å². The average molecular weight is 464 g/mol. The summed E-state index contributed by atoms with van der Waals surface area (Å²) in [5.74, 6) is 1.41. The molecule has 2 aliphatic rings. The van der Waals surface area contributed by atoms with Gasteiger partial charge in [-0.05, 0) is 56.7 Å². The Labute approximate surface area is 192 Å². The van der Waals surface area contributed by atoms with E-state index in [1.807, 2.05) is 30.0 Å². The van der Waals surface area contributed by atoms with Crippen LogP contribution in [0.4, 0.5) is 5.69 Å². The number of piperidine rings is 1. The molecule has 3 heterocycles. The van der Waals surface area contributed by atoms with Gasteiger partial charge in [-0.15, -0.1) is 10.2 Å². The molecule has 168 valence electrons. The van der Waals surface area contributed by atoms with Crippen molar-refractivity contribution >= 4 is 35.0 Å². The van der Waals surface area contributed by atoms with Gasteiger partial charge in [0.2, 0.25) is 5.91 Å². The molecule has 1 aromatic heterocycles. The summed E-state index contributed by atoms with van der Waals surface area (Å²) in [5.41, 5.74) is 1.99. The van der Waals surface area contributed by atoms with Crippen molar-refractivity contribution in [2.75, 3.05) is 30.8 Å². The zero-order valence-electron chi connectivity index (χ0n) is 18.0. The van der Waals surface area contributed by atoms with Crippen LogP contribution in [-0.4, -0.2) is 57.1 Å². The number of aromatic nitrogens is 3. The van der Waals surface area contributed by atoms with E-state index in [0.29, 0.717) is 18.8 Å². The Hall–Kier alpha value is -1.77. The molecule has 0 spiro atoms. The number of aryl methyl sites for hydroxylation is 1. The summed E-state index contributed by atoms with van der Waals surface area (Å²) in [7, 11) is 0. The van der Waals surface area contributed by atoms with E-state index in [4.69, 9.17) is 16.3 Å². The Bertz CT molecular complexity index is 894. The number of hydrogen-bond donors (Lipinski definition) is 1. The lowest BCUT2D eigenvalue weighted by molar-refractivity contribution is -0.129. The number of amides is 1. The fourth-order valence-electron chi connectivity index (χ4n) is 3.98. The van der Waals surface area contributed by atoms with Crippen molar-refractivity contribution in [3.63, 3.8) is 0 Å². The maximum Gasteiger partial charge on any atom is 0.233 e. The number of hydrogen-bond acceptors (Lipinski definition) is 6. The summed E-state index contributed by atoms with van der Waals surface area (Å²) in [5, 5.41) is 13.7. The monoisotopic (exact) mass is 463 g/mol. The quantitative estimate of drug-likeness (QED) is 0.593. The number of ether oxygens (including phenoxy) is 1. The van der Waals surface area contributed by atoms with Crippen LogP contribution < -0.4 is 5.32 Å². The second-order valence-electron chi connectivity index (χ2n) is 8.19. The van der Waals surface area contributed by atoms with E-state index in [1.54, 1.807) is 0 Å². The lowest BCUT2D eigenvalue weighted by atomic mass is 10.1. The minimum absolute atomic E-state index is 0.167. The van der Waals surface area contributed by atoms with Gasteiger partial charge in [-0.2, -0.15) is 0 Å². The van der Waals surface area contributed by atoms with Crippen LogP contribution in [0.5, 0.6) is 0 Å². The topological polar surface area (TPSA) is 72.3 Å². The maximum absolute atomic E-state index is 12.6. The van der Waals surface area contributed by atoms with Gasteiger partial charge >= 0.3 is 0 Å². The Morgan fingerprint density at radius 1 is 1.26 bits per heavy atom. The molecule has 0 aliphatic carbocycles. The Balaban J connectivity index is 1.43. The Kier molecular flexibility index (Phi) is 7.74. The molecular weight excluding hydrogens is 434 g/mol. The maximum atomic E-state index is 12.6. The highest BCUT2D eigenvalue weighted by molar-refractivity contribution is 7.99. The van der Waals surface area contributed by atoms with Gasteiger partial charge in [0, 0.05) is 30.4 Å². The van der Waals surface area contributed by atoms with Crippen LogP contribution in [-0.2, 0) is 22.6 Å². The third-order valence-electron chi connectivity index (χ3n) is 5.86.